The summed E-state index contributed by atoms with van der Waals surface area (Å²) in [6.45, 7) is 3.66. The summed E-state index contributed by atoms with van der Waals surface area (Å²) in [7, 11) is 0. The van der Waals surface area contributed by atoms with E-state index in [2.05, 4.69) is 0 Å². The first kappa shape index (κ1) is 25.8. The van der Waals surface area contributed by atoms with Crippen LogP contribution in [-0.4, -0.2) is 35.0 Å². The average molecular weight is 463 g/mol. The van der Waals surface area contributed by atoms with Crippen molar-refractivity contribution in [2.24, 2.45) is 0 Å². The molecule has 0 spiro atoms. The zero-order valence-electron chi connectivity index (χ0n) is 18.5. The van der Waals surface area contributed by atoms with Crippen molar-refractivity contribution in [3.8, 4) is 0 Å². The van der Waals surface area contributed by atoms with Crippen LogP contribution in [0.2, 0.25) is 0 Å². The summed E-state index contributed by atoms with van der Waals surface area (Å²) >= 11 is 2.49. The van der Waals surface area contributed by atoms with E-state index in [1.54, 1.807) is 0 Å². The van der Waals surface area contributed by atoms with Crippen molar-refractivity contribution in [3.63, 3.8) is 0 Å². The van der Waals surface area contributed by atoms with Gasteiger partial charge in [-0.05, 0) is 52.4 Å². The topological polar surface area (TPSA) is 71.1 Å². The van der Waals surface area contributed by atoms with Crippen LogP contribution in [0.25, 0.3) is 0 Å². The Bertz CT molecular complexity index is 448. The lowest BCUT2D eigenvalue weighted by Crippen LogP contribution is -2.18. The molecule has 8 heteroatoms. The van der Waals surface area contributed by atoms with E-state index in [4.69, 9.17) is 17.8 Å². The molecule has 2 unspecified atom stereocenters. The SMILES string of the molecule is CC(OC(=O)CCCCC(=O)OC(C)SOC1CCCCC1)SOC1CCCCC1. The molecule has 30 heavy (non-hydrogen) atoms. The maximum Gasteiger partial charge on any atom is 0.306 e. The summed E-state index contributed by atoms with van der Waals surface area (Å²) in [6.07, 6.45) is 14.2. The lowest BCUT2D eigenvalue weighted by Gasteiger charge is -2.22. The summed E-state index contributed by atoms with van der Waals surface area (Å²) in [6, 6.07) is 0. The van der Waals surface area contributed by atoms with Gasteiger partial charge in [-0.15, -0.1) is 0 Å². The van der Waals surface area contributed by atoms with Gasteiger partial charge in [-0.25, -0.2) is 0 Å². The van der Waals surface area contributed by atoms with Crippen molar-refractivity contribution in [2.45, 2.75) is 127 Å². The van der Waals surface area contributed by atoms with Gasteiger partial charge in [-0.1, -0.05) is 38.5 Å². The van der Waals surface area contributed by atoms with Crippen molar-refractivity contribution in [1.82, 2.24) is 0 Å². The number of esters is 2. The molecule has 0 aromatic rings. The van der Waals surface area contributed by atoms with E-state index < -0.39 is 0 Å². The van der Waals surface area contributed by atoms with Crippen LogP contribution < -0.4 is 0 Å². The summed E-state index contributed by atoms with van der Waals surface area (Å²) < 4.78 is 22.3. The van der Waals surface area contributed by atoms with Crippen LogP contribution in [0.5, 0.6) is 0 Å². The van der Waals surface area contributed by atoms with E-state index in [9.17, 15) is 9.59 Å². The van der Waals surface area contributed by atoms with Crippen molar-refractivity contribution in [1.29, 1.82) is 0 Å². The summed E-state index contributed by atoms with van der Waals surface area (Å²) in [4.78, 5) is 23.9. The van der Waals surface area contributed by atoms with Gasteiger partial charge in [-0.2, -0.15) is 0 Å². The Labute approximate surface area is 190 Å². The standard InChI is InChI=1S/C22H38O6S2/c1-17(29-27-19-11-5-3-6-12-19)25-21(23)15-9-10-16-22(24)26-18(2)30-28-20-13-7-4-8-14-20/h17-20H,3-16H2,1-2H3. The lowest BCUT2D eigenvalue weighted by molar-refractivity contribution is -0.147. The molecule has 0 aromatic heterocycles. The number of rotatable bonds is 13. The fraction of sp³-hybridized carbons (Fsp3) is 0.909. The smallest absolute Gasteiger partial charge is 0.306 e. The first-order valence-corrected chi connectivity index (χ1v) is 13.2. The Morgan fingerprint density at radius 2 is 1.07 bits per heavy atom. The molecule has 0 amide bonds. The minimum atomic E-state index is -0.313. The van der Waals surface area contributed by atoms with Gasteiger partial charge in [0.25, 0.3) is 0 Å². The molecular weight excluding hydrogens is 424 g/mol. The third-order valence-corrected chi connectivity index (χ3v) is 6.87. The second kappa shape index (κ2) is 15.4. The van der Waals surface area contributed by atoms with E-state index in [1.165, 1.54) is 62.6 Å². The molecule has 0 saturated heterocycles. The Balaban J connectivity index is 1.45. The zero-order chi connectivity index (χ0) is 21.6. The molecule has 0 aliphatic heterocycles. The maximum absolute atomic E-state index is 11.9. The van der Waals surface area contributed by atoms with E-state index in [0.717, 1.165) is 25.7 Å². The van der Waals surface area contributed by atoms with E-state index in [0.29, 0.717) is 25.7 Å². The lowest BCUT2D eigenvalue weighted by atomic mass is 9.98. The Hall–Kier alpha value is -0.440. The Morgan fingerprint density at radius 3 is 1.43 bits per heavy atom. The highest BCUT2D eigenvalue weighted by Gasteiger charge is 2.19. The highest BCUT2D eigenvalue weighted by Crippen LogP contribution is 2.27. The summed E-state index contributed by atoms with van der Waals surface area (Å²) in [5.41, 5.74) is -0.627. The molecule has 6 nitrogen and oxygen atoms in total. The van der Waals surface area contributed by atoms with Gasteiger partial charge in [0.1, 0.15) is 0 Å². The van der Waals surface area contributed by atoms with Gasteiger partial charge in [0.2, 0.25) is 0 Å². The second-order valence-electron chi connectivity index (χ2n) is 8.23. The van der Waals surface area contributed by atoms with Crippen LogP contribution in [0, 0.1) is 0 Å². The quantitative estimate of drug-likeness (QED) is 0.136. The van der Waals surface area contributed by atoms with Crippen LogP contribution in [0.1, 0.15) is 104 Å². The Morgan fingerprint density at radius 1 is 0.700 bits per heavy atom. The van der Waals surface area contributed by atoms with Gasteiger partial charge in [0, 0.05) is 36.9 Å². The third kappa shape index (κ3) is 11.8. The van der Waals surface area contributed by atoms with Gasteiger partial charge in [0.05, 0.1) is 12.2 Å². The number of hydrogen-bond donors (Lipinski definition) is 0. The van der Waals surface area contributed by atoms with Gasteiger partial charge in [-0.3, -0.25) is 9.59 Å². The molecule has 2 aliphatic rings. The van der Waals surface area contributed by atoms with Crippen LogP contribution >= 0.6 is 24.1 Å². The number of ether oxygens (including phenoxy) is 2. The van der Waals surface area contributed by atoms with E-state index in [-0.39, 0.29) is 35.0 Å². The molecule has 174 valence electrons. The van der Waals surface area contributed by atoms with Crippen LogP contribution in [0.15, 0.2) is 0 Å². The maximum atomic E-state index is 11.9. The van der Waals surface area contributed by atoms with Gasteiger partial charge < -0.3 is 17.8 Å². The van der Waals surface area contributed by atoms with Gasteiger partial charge >= 0.3 is 11.9 Å². The normalized spacial score (nSPS) is 20.5. The monoisotopic (exact) mass is 462 g/mol. The molecule has 0 radical (unpaired) electrons. The third-order valence-electron chi connectivity index (χ3n) is 5.37. The van der Waals surface area contributed by atoms with E-state index >= 15 is 0 Å². The number of carbonyl (C=O) groups is 2. The van der Waals surface area contributed by atoms with Crippen molar-refractivity contribution in [3.05, 3.63) is 0 Å². The Kier molecular flexibility index (Phi) is 13.2. The van der Waals surface area contributed by atoms with Crippen LogP contribution in [0.3, 0.4) is 0 Å². The number of hydrogen-bond acceptors (Lipinski definition) is 8. The molecule has 2 fully saturated rings. The molecule has 2 rings (SSSR count). The first-order valence-electron chi connectivity index (χ1n) is 11.6. The number of carbonyl (C=O) groups excluding carboxylic acids is 2. The second-order valence-corrected chi connectivity index (χ2v) is 10.3. The average Bonchev–Trinajstić information content (AvgIpc) is 2.75. The fourth-order valence-corrected chi connectivity index (χ4v) is 5.01. The van der Waals surface area contributed by atoms with Crippen molar-refractivity contribution < 1.29 is 27.4 Å². The number of unbranched alkanes of at least 4 members (excludes halogenated alkanes) is 1. The predicted octanol–water partition coefficient (Wildman–Crippen LogP) is 6.32. The fourth-order valence-electron chi connectivity index (χ4n) is 3.70. The van der Waals surface area contributed by atoms with Crippen molar-refractivity contribution in [2.75, 3.05) is 0 Å². The molecule has 0 heterocycles. The molecule has 0 N–H and O–H groups in total. The molecule has 0 aromatic carbocycles. The summed E-state index contributed by atoms with van der Waals surface area (Å²) in [5.74, 6) is -0.499. The first-order chi connectivity index (χ1) is 14.5. The zero-order valence-corrected chi connectivity index (χ0v) is 20.1. The highest BCUT2D eigenvalue weighted by molar-refractivity contribution is 7.95. The minimum Gasteiger partial charge on any atom is -0.449 e. The predicted molar refractivity (Wildman–Crippen MR) is 121 cm³/mol. The van der Waals surface area contributed by atoms with Gasteiger partial charge in [0.15, 0.2) is 10.9 Å². The van der Waals surface area contributed by atoms with Crippen molar-refractivity contribution >= 4 is 36.0 Å². The molecule has 2 aliphatic carbocycles. The summed E-state index contributed by atoms with van der Waals surface area (Å²) in [5, 5.41) is 0. The highest BCUT2D eigenvalue weighted by atomic mass is 32.2. The van der Waals surface area contributed by atoms with Crippen LogP contribution in [0.4, 0.5) is 0 Å². The largest absolute Gasteiger partial charge is 0.449 e. The van der Waals surface area contributed by atoms with E-state index in [1.807, 2.05) is 13.8 Å². The van der Waals surface area contributed by atoms with Crippen LogP contribution in [-0.2, 0) is 27.4 Å². The molecule has 0 bridgehead atoms. The molecular formula is C22H38O6S2. The molecule has 2 atom stereocenters. The molecule has 2 saturated carbocycles. The minimum absolute atomic E-state index is 0.250.